The first-order chi connectivity index (χ1) is 16.3. The third-order valence-corrected chi connectivity index (χ3v) is 6.39. The molecule has 1 aromatic carbocycles. The van der Waals surface area contributed by atoms with E-state index in [1.807, 2.05) is 13.0 Å². The number of hydrogen-bond donors (Lipinski definition) is 2. The summed E-state index contributed by atoms with van der Waals surface area (Å²) in [7, 11) is 1.47. The van der Waals surface area contributed by atoms with Gasteiger partial charge in [0.25, 0.3) is 5.91 Å². The number of aromatic nitrogens is 3. The van der Waals surface area contributed by atoms with Crippen LogP contribution in [0.1, 0.15) is 53.0 Å². The molecule has 0 saturated heterocycles. The number of amides is 1. The summed E-state index contributed by atoms with van der Waals surface area (Å²) in [5.41, 5.74) is -0.596. The predicted molar refractivity (Wildman–Crippen MR) is 117 cm³/mol. The van der Waals surface area contributed by atoms with Gasteiger partial charge in [-0.2, -0.15) is 26.3 Å². The van der Waals surface area contributed by atoms with Gasteiger partial charge in [-0.05, 0) is 62.4 Å². The van der Waals surface area contributed by atoms with E-state index < -0.39 is 23.7 Å². The maximum Gasteiger partial charge on any atom is 0.433 e. The van der Waals surface area contributed by atoms with Crippen molar-refractivity contribution in [2.75, 3.05) is 11.9 Å². The van der Waals surface area contributed by atoms with E-state index in [1.165, 1.54) is 11.9 Å². The minimum Gasteiger partial charge on any atom is -0.371 e. The number of carbonyl (C=O) groups excluding carboxylic acids is 1. The number of carbonyl (C=O) groups is 1. The molecule has 1 aliphatic carbocycles. The molecule has 0 atom stereocenters. The van der Waals surface area contributed by atoms with Crippen LogP contribution in [0.2, 0.25) is 0 Å². The summed E-state index contributed by atoms with van der Waals surface area (Å²) in [6.45, 7) is 1.82. The van der Waals surface area contributed by atoms with Crippen LogP contribution >= 0.6 is 0 Å². The number of halogens is 6. The largest absolute Gasteiger partial charge is 0.433 e. The zero-order valence-electron chi connectivity index (χ0n) is 18.9. The number of aryl methyl sites for hydroxylation is 1. The molecule has 12 heteroatoms. The van der Waals surface area contributed by atoms with Gasteiger partial charge in [0.2, 0.25) is 0 Å². The van der Waals surface area contributed by atoms with Gasteiger partial charge in [-0.1, -0.05) is 0 Å². The minimum atomic E-state index is -5.00. The lowest BCUT2D eigenvalue weighted by atomic mass is 9.89. The average molecular weight is 499 g/mol. The van der Waals surface area contributed by atoms with Crippen LogP contribution in [-0.4, -0.2) is 40.0 Å². The van der Waals surface area contributed by atoms with Gasteiger partial charge in [0.15, 0.2) is 0 Å². The van der Waals surface area contributed by atoms with Gasteiger partial charge in [0.1, 0.15) is 11.4 Å². The molecular weight excluding hydrogens is 476 g/mol. The highest BCUT2D eigenvalue weighted by molar-refractivity contribution is 5.99. The van der Waals surface area contributed by atoms with Crippen molar-refractivity contribution in [2.24, 2.45) is 0 Å². The Bertz CT molecular complexity index is 1200. The number of pyridine rings is 1. The first-order valence-corrected chi connectivity index (χ1v) is 11.0. The quantitative estimate of drug-likeness (QED) is 0.467. The molecular formula is C23H23F6N5O. The van der Waals surface area contributed by atoms with Crippen LogP contribution in [0.4, 0.5) is 32.0 Å². The Hall–Kier alpha value is -3.31. The summed E-state index contributed by atoms with van der Waals surface area (Å²) < 4.78 is 78.9. The second kappa shape index (κ2) is 9.04. The van der Waals surface area contributed by atoms with Crippen molar-refractivity contribution < 1.29 is 31.1 Å². The first-order valence-electron chi connectivity index (χ1n) is 11.0. The van der Waals surface area contributed by atoms with Gasteiger partial charge in [-0.25, -0.2) is 9.97 Å². The molecule has 0 unspecified atom stereocenters. The summed E-state index contributed by atoms with van der Waals surface area (Å²) in [6.07, 6.45) is -6.41. The summed E-state index contributed by atoms with van der Waals surface area (Å²) in [5.74, 6) is -0.247. The van der Waals surface area contributed by atoms with Crippen LogP contribution in [0.5, 0.6) is 0 Å². The van der Waals surface area contributed by atoms with E-state index in [0.29, 0.717) is 48.9 Å². The van der Waals surface area contributed by atoms with E-state index in [4.69, 9.17) is 0 Å². The SMILES string of the molecule is Cc1cc2[nH]cnc2cc1C(=O)N[C@H]1CC[C@@H](N(C)c2cc(C(F)(F)F)nc(C(F)(F)F)c2)CC1. The number of rotatable bonds is 4. The molecule has 3 aromatic rings. The first kappa shape index (κ1) is 24.8. The Morgan fingerprint density at radius 3 is 2.17 bits per heavy atom. The molecule has 2 N–H and O–H groups in total. The molecule has 2 heterocycles. The molecule has 0 spiro atoms. The standard InChI is InChI=1S/C23H23F6N5O/c1-12-7-17-18(31-11-30-17)10-16(12)21(35)32-13-3-5-14(6-4-13)34(2)15-8-19(22(24,25)26)33-20(9-15)23(27,28)29/h7-11,13-14H,3-6H2,1-2H3,(H,30,31)(H,32,35)/t13-,14+. The fourth-order valence-corrected chi connectivity index (χ4v) is 4.43. The second-order valence-corrected chi connectivity index (χ2v) is 8.77. The van der Waals surface area contributed by atoms with E-state index in [0.717, 1.165) is 11.1 Å². The topological polar surface area (TPSA) is 73.9 Å². The molecule has 1 saturated carbocycles. The van der Waals surface area contributed by atoms with Crippen molar-refractivity contribution in [1.82, 2.24) is 20.3 Å². The lowest BCUT2D eigenvalue weighted by Gasteiger charge is -2.36. The summed E-state index contributed by atoms with van der Waals surface area (Å²) >= 11 is 0. The summed E-state index contributed by atoms with van der Waals surface area (Å²) in [5, 5.41) is 2.99. The Kier molecular flexibility index (Phi) is 6.41. The third-order valence-electron chi connectivity index (χ3n) is 6.39. The number of hydrogen-bond acceptors (Lipinski definition) is 4. The Balaban J connectivity index is 1.43. The molecule has 1 fully saturated rings. The van der Waals surface area contributed by atoms with Crippen molar-refractivity contribution in [2.45, 2.75) is 57.0 Å². The predicted octanol–water partition coefficient (Wildman–Crippen LogP) is 5.48. The molecule has 0 bridgehead atoms. The lowest BCUT2D eigenvalue weighted by Crippen LogP contribution is -2.43. The van der Waals surface area contributed by atoms with Gasteiger partial charge >= 0.3 is 12.4 Å². The molecule has 1 amide bonds. The van der Waals surface area contributed by atoms with Crippen molar-refractivity contribution in [3.63, 3.8) is 0 Å². The number of anilines is 1. The number of nitrogens with zero attached hydrogens (tertiary/aromatic N) is 3. The van der Waals surface area contributed by atoms with Crippen LogP contribution < -0.4 is 10.2 Å². The Morgan fingerprint density at radius 1 is 1.00 bits per heavy atom. The summed E-state index contributed by atoms with van der Waals surface area (Å²) in [4.78, 5) is 24.2. The number of benzene rings is 1. The van der Waals surface area contributed by atoms with Crippen LogP contribution in [0.15, 0.2) is 30.6 Å². The van der Waals surface area contributed by atoms with Crippen LogP contribution in [-0.2, 0) is 12.4 Å². The average Bonchev–Trinajstić information content (AvgIpc) is 3.24. The highest BCUT2D eigenvalue weighted by Crippen LogP contribution is 2.37. The van der Waals surface area contributed by atoms with E-state index in [9.17, 15) is 31.1 Å². The van der Waals surface area contributed by atoms with E-state index >= 15 is 0 Å². The number of nitrogens with one attached hydrogen (secondary N) is 2. The van der Waals surface area contributed by atoms with Crippen LogP contribution in [0.25, 0.3) is 11.0 Å². The number of fused-ring (bicyclic) bond motifs is 1. The van der Waals surface area contributed by atoms with Gasteiger partial charge in [-0.15, -0.1) is 0 Å². The second-order valence-electron chi connectivity index (χ2n) is 8.77. The Morgan fingerprint density at radius 2 is 1.60 bits per heavy atom. The van der Waals surface area contributed by atoms with Crippen molar-refractivity contribution in [3.05, 3.63) is 53.1 Å². The van der Waals surface area contributed by atoms with E-state index in [-0.39, 0.29) is 23.7 Å². The third kappa shape index (κ3) is 5.35. The van der Waals surface area contributed by atoms with Gasteiger partial charge in [0.05, 0.1) is 17.4 Å². The molecule has 0 radical (unpaired) electrons. The fraction of sp³-hybridized carbons (Fsp3) is 0.435. The van der Waals surface area contributed by atoms with Crippen molar-refractivity contribution in [1.29, 1.82) is 0 Å². The maximum atomic E-state index is 13.2. The van der Waals surface area contributed by atoms with Crippen LogP contribution in [0, 0.1) is 6.92 Å². The molecule has 35 heavy (non-hydrogen) atoms. The maximum absolute atomic E-state index is 13.2. The molecule has 1 aliphatic rings. The lowest BCUT2D eigenvalue weighted by molar-refractivity contribution is -0.150. The number of H-pyrrole nitrogens is 1. The molecule has 6 nitrogen and oxygen atoms in total. The van der Waals surface area contributed by atoms with E-state index in [1.54, 1.807) is 12.4 Å². The number of aromatic amines is 1. The number of imidazole rings is 1. The zero-order chi connectivity index (χ0) is 25.5. The van der Waals surface area contributed by atoms with Crippen molar-refractivity contribution >= 4 is 22.6 Å². The fourth-order valence-electron chi connectivity index (χ4n) is 4.43. The molecule has 2 aromatic heterocycles. The number of alkyl halides is 6. The van der Waals surface area contributed by atoms with Gasteiger partial charge < -0.3 is 15.2 Å². The summed E-state index contributed by atoms with van der Waals surface area (Å²) in [6, 6.07) is 4.37. The van der Waals surface area contributed by atoms with Crippen molar-refractivity contribution in [3.8, 4) is 0 Å². The molecule has 0 aliphatic heterocycles. The highest BCUT2D eigenvalue weighted by atomic mass is 19.4. The Labute approximate surface area is 196 Å². The van der Waals surface area contributed by atoms with Crippen LogP contribution in [0.3, 0.4) is 0 Å². The smallest absolute Gasteiger partial charge is 0.371 e. The highest BCUT2D eigenvalue weighted by Gasteiger charge is 2.39. The van der Waals surface area contributed by atoms with Gasteiger partial charge in [0, 0.05) is 30.4 Å². The zero-order valence-corrected chi connectivity index (χ0v) is 18.9. The van der Waals surface area contributed by atoms with E-state index in [2.05, 4.69) is 20.3 Å². The monoisotopic (exact) mass is 499 g/mol. The molecule has 4 rings (SSSR count). The normalized spacial score (nSPS) is 19.1. The molecule has 188 valence electrons. The minimum absolute atomic E-state index is 0.157. The van der Waals surface area contributed by atoms with Gasteiger partial charge in [-0.3, -0.25) is 4.79 Å².